The summed E-state index contributed by atoms with van der Waals surface area (Å²) in [6.07, 6.45) is 0. The first-order valence-electron chi connectivity index (χ1n) is 5.82. The molecule has 1 aromatic heterocycles. The van der Waals surface area contributed by atoms with Crippen LogP contribution in [0.3, 0.4) is 0 Å². The van der Waals surface area contributed by atoms with Crippen molar-refractivity contribution in [2.45, 2.75) is 6.92 Å². The Morgan fingerprint density at radius 1 is 1.25 bits per heavy atom. The highest BCUT2D eigenvalue weighted by Crippen LogP contribution is 2.17. The van der Waals surface area contributed by atoms with Gasteiger partial charge in [-0.15, -0.1) is 0 Å². The highest BCUT2D eigenvalue weighted by Gasteiger charge is 2.12. The summed E-state index contributed by atoms with van der Waals surface area (Å²) in [6.45, 7) is 1.74. The second kappa shape index (κ2) is 5.71. The molecule has 0 bridgehead atoms. The number of rotatable bonds is 3. The number of nitrogens with zero attached hydrogens (tertiary/aromatic N) is 1. The van der Waals surface area contributed by atoms with Crippen LogP contribution < -0.4 is 11.1 Å². The Labute approximate surface area is 120 Å². The summed E-state index contributed by atoms with van der Waals surface area (Å²) in [5.41, 5.74) is 6.85. The van der Waals surface area contributed by atoms with Crippen molar-refractivity contribution in [3.63, 3.8) is 0 Å². The third-order valence-electron chi connectivity index (χ3n) is 2.63. The fourth-order valence-electron chi connectivity index (χ4n) is 1.76. The normalized spacial score (nSPS) is 10.1. The maximum atomic E-state index is 12.1. The average molecular weight is 290 g/mol. The first-order valence-corrected chi connectivity index (χ1v) is 6.19. The zero-order valence-corrected chi connectivity index (χ0v) is 11.4. The molecule has 3 N–H and O–H groups in total. The van der Waals surface area contributed by atoms with E-state index in [4.69, 9.17) is 17.3 Å². The van der Waals surface area contributed by atoms with Crippen LogP contribution in [0, 0.1) is 6.92 Å². The minimum Gasteiger partial charge on any atom is -0.366 e. The molecular weight excluding hydrogens is 278 g/mol. The van der Waals surface area contributed by atoms with Crippen molar-refractivity contribution in [2.24, 2.45) is 5.73 Å². The van der Waals surface area contributed by atoms with Crippen molar-refractivity contribution in [3.8, 4) is 0 Å². The van der Waals surface area contributed by atoms with Crippen LogP contribution in [0.4, 0.5) is 5.69 Å². The van der Waals surface area contributed by atoms with E-state index in [1.807, 2.05) is 0 Å². The molecule has 0 saturated heterocycles. The maximum Gasteiger partial charge on any atom is 0.255 e. The molecule has 0 aliphatic heterocycles. The third kappa shape index (κ3) is 3.13. The van der Waals surface area contributed by atoms with Gasteiger partial charge in [0.1, 0.15) is 5.15 Å². The predicted octanol–water partition coefficient (Wildman–Crippen LogP) is 2.39. The maximum absolute atomic E-state index is 12.1. The molecule has 0 saturated carbocycles. The number of aryl methyl sites for hydroxylation is 1. The molecule has 1 aromatic carbocycles. The van der Waals surface area contributed by atoms with Gasteiger partial charge in [-0.2, -0.15) is 0 Å². The van der Waals surface area contributed by atoms with E-state index in [2.05, 4.69) is 10.3 Å². The summed E-state index contributed by atoms with van der Waals surface area (Å²) in [5, 5.41) is 2.87. The Bertz CT molecular complexity index is 666. The number of carbonyl (C=O) groups excluding carboxylic acids is 2. The molecule has 2 rings (SSSR count). The lowest BCUT2D eigenvalue weighted by molar-refractivity contribution is 0.100. The molecule has 20 heavy (non-hydrogen) atoms. The predicted molar refractivity (Wildman–Crippen MR) is 76.9 cm³/mol. The molecule has 5 nitrogen and oxygen atoms in total. The fourth-order valence-corrected chi connectivity index (χ4v) is 2.01. The fraction of sp³-hybridized carbons (Fsp3) is 0.0714. The Morgan fingerprint density at radius 2 is 1.95 bits per heavy atom. The molecule has 2 aromatic rings. The largest absolute Gasteiger partial charge is 0.366 e. The second-order valence-electron chi connectivity index (χ2n) is 4.18. The SMILES string of the molecule is Cc1cc(C(=O)Nc2ccccc2C(N)=O)cc(Cl)n1. The van der Waals surface area contributed by atoms with Crippen molar-refractivity contribution in [2.75, 3.05) is 5.32 Å². The van der Waals surface area contributed by atoms with Crippen molar-refractivity contribution >= 4 is 29.1 Å². The number of halogens is 1. The smallest absolute Gasteiger partial charge is 0.255 e. The molecule has 0 aliphatic carbocycles. The van der Waals surface area contributed by atoms with Gasteiger partial charge in [-0.05, 0) is 31.2 Å². The van der Waals surface area contributed by atoms with Gasteiger partial charge in [0, 0.05) is 11.3 Å². The topological polar surface area (TPSA) is 85.1 Å². The van der Waals surface area contributed by atoms with Crippen molar-refractivity contribution < 1.29 is 9.59 Å². The first kappa shape index (κ1) is 14.0. The molecule has 6 heteroatoms. The number of nitrogens with one attached hydrogen (secondary N) is 1. The lowest BCUT2D eigenvalue weighted by atomic mass is 10.1. The van der Waals surface area contributed by atoms with Crippen LogP contribution in [0.2, 0.25) is 5.15 Å². The summed E-state index contributed by atoms with van der Waals surface area (Å²) in [6, 6.07) is 9.58. The molecular formula is C14H12ClN3O2. The minimum atomic E-state index is -0.607. The van der Waals surface area contributed by atoms with Crippen LogP contribution in [0.15, 0.2) is 36.4 Å². The number of aromatic nitrogens is 1. The highest BCUT2D eigenvalue weighted by molar-refractivity contribution is 6.29. The lowest BCUT2D eigenvalue weighted by Crippen LogP contribution is -2.18. The highest BCUT2D eigenvalue weighted by atomic mass is 35.5. The Hall–Kier alpha value is -2.40. The van der Waals surface area contributed by atoms with Gasteiger partial charge in [0.05, 0.1) is 11.3 Å². The molecule has 0 fully saturated rings. The molecule has 0 atom stereocenters. The Balaban J connectivity index is 2.30. The number of anilines is 1. The molecule has 0 radical (unpaired) electrons. The number of hydrogen-bond donors (Lipinski definition) is 2. The standard InChI is InChI=1S/C14H12ClN3O2/c1-8-6-9(7-12(15)17-8)14(20)18-11-5-3-2-4-10(11)13(16)19/h2-7H,1H3,(H2,16,19)(H,18,20). The summed E-state index contributed by atoms with van der Waals surface area (Å²) < 4.78 is 0. The van der Waals surface area contributed by atoms with Gasteiger partial charge >= 0.3 is 0 Å². The average Bonchev–Trinajstić information content (AvgIpc) is 2.37. The number of nitrogens with two attached hydrogens (primary N) is 1. The quantitative estimate of drug-likeness (QED) is 0.851. The van der Waals surface area contributed by atoms with Gasteiger partial charge in [0.15, 0.2) is 0 Å². The number of para-hydroxylation sites is 1. The Morgan fingerprint density at radius 3 is 2.60 bits per heavy atom. The van der Waals surface area contributed by atoms with Crippen molar-refractivity contribution in [1.82, 2.24) is 4.98 Å². The molecule has 2 amide bonds. The van der Waals surface area contributed by atoms with E-state index in [-0.39, 0.29) is 16.6 Å². The van der Waals surface area contributed by atoms with Crippen molar-refractivity contribution in [3.05, 3.63) is 58.4 Å². The summed E-state index contributed by atoms with van der Waals surface area (Å²) in [7, 11) is 0. The van der Waals surface area contributed by atoms with E-state index in [9.17, 15) is 9.59 Å². The van der Waals surface area contributed by atoms with Crippen LogP contribution in [0.1, 0.15) is 26.4 Å². The van der Waals surface area contributed by atoms with Crippen molar-refractivity contribution in [1.29, 1.82) is 0 Å². The van der Waals surface area contributed by atoms with E-state index in [0.29, 0.717) is 16.9 Å². The summed E-state index contributed by atoms with van der Waals surface area (Å²) >= 11 is 5.81. The van der Waals surface area contributed by atoms with Crippen LogP contribution in [0.5, 0.6) is 0 Å². The van der Waals surface area contributed by atoms with E-state index >= 15 is 0 Å². The molecule has 1 heterocycles. The zero-order chi connectivity index (χ0) is 14.7. The minimum absolute atomic E-state index is 0.235. The van der Waals surface area contributed by atoms with E-state index in [1.165, 1.54) is 6.07 Å². The molecule has 102 valence electrons. The number of hydrogen-bond acceptors (Lipinski definition) is 3. The van der Waals surface area contributed by atoms with Gasteiger partial charge in [-0.1, -0.05) is 23.7 Å². The van der Waals surface area contributed by atoms with Gasteiger partial charge in [-0.3, -0.25) is 9.59 Å². The van der Waals surface area contributed by atoms with Crippen LogP contribution in [-0.4, -0.2) is 16.8 Å². The first-order chi connectivity index (χ1) is 9.47. The van der Waals surface area contributed by atoms with Gasteiger partial charge in [0.2, 0.25) is 0 Å². The number of amides is 2. The van der Waals surface area contributed by atoms with E-state index < -0.39 is 5.91 Å². The monoisotopic (exact) mass is 289 g/mol. The van der Waals surface area contributed by atoms with Gasteiger partial charge in [-0.25, -0.2) is 4.98 Å². The van der Waals surface area contributed by atoms with Crippen LogP contribution in [0.25, 0.3) is 0 Å². The summed E-state index contributed by atoms with van der Waals surface area (Å²) in [5.74, 6) is -0.990. The zero-order valence-electron chi connectivity index (χ0n) is 10.7. The number of carbonyl (C=O) groups is 2. The summed E-state index contributed by atoms with van der Waals surface area (Å²) in [4.78, 5) is 27.4. The number of pyridine rings is 1. The van der Waals surface area contributed by atoms with Gasteiger partial charge < -0.3 is 11.1 Å². The third-order valence-corrected chi connectivity index (χ3v) is 2.82. The van der Waals surface area contributed by atoms with Gasteiger partial charge in [0.25, 0.3) is 11.8 Å². The van der Waals surface area contributed by atoms with Crippen LogP contribution >= 0.6 is 11.6 Å². The Kier molecular flexibility index (Phi) is 4.00. The number of primary amides is 1. The number of benzene rings is 1. The molecule has 0 spiro atoms. The lowest BCUT2D eigenvalue weighted by Gasteiger charge is -2.09. The van der Waals surface area contributed by atoms with E-state index in [1.54, 1.807) is 37.3 Å². The van der Waals surface area contributed by atoms with E-state index in [0.717, 1.165) is 0 Å². The molecule has 0 unspecified atom stereocenters. The second-order valence-corrected chi connectivity index (χ2v) is 4.57. The molecule has 0 aliphatic rings. The van der Waals surface area contributed by atoms with Crippen LogP contribution in [-0.2, 0) is 0 Å².